The number of carbonyl (C=O) groups excluding carboxylic acids is 2. The molecule has 3 heterocycles. The van der Waals surface area contributed by atoms with Gasteiger partial charge in [-0.25, -0.2) is 0 Å². The molecule has 182 valence electrons. The first-order valence-corrected chi connectivity index (χ1v) is 11.3. The van der Waals surface area contributed by atoms with E-state index in [0.29, 0.717) is 32.5 Å². The van der Waals surface area contributed by atoms with Crippen LogP contribution >= 0.6 is 0 Å². The van der Waals surface area contributed by atoms with Crippen LogP contribution in [0.15, 0.2) is 60.9 Å². The molecule has 5 rings (SSSR count). The predicted molar refractivity (Wildman–Crippen MR) is 122 cm³/mol. The summed E-state index contributed by atoms with van der Waals surface area (Å²) in [6.07, 6.45) is 0.597. The molecule has 2 saturated heterocycles. The normalized spacial score (nSPS) is 17.7. The number of H-pyrrole nitrogens is 1. The molecule has 2 aliphatic heterocycles. The number of halogens is 3. The van der Waals surface area contributed by atoms with E-state index in [1.807, 2.05) is 35.4 Å². The van der Waals surface area contributed by atoms with E-state index in [1.165, 1.54) is 12.1 Å². The summed E-state index contributed by atoms with van der Waals surface area (Å²) in [6, 6.07) is 12.7. The van der Waals surface area contributed by atoms with Gasteiger partial charge in [-0.3, -0.25) is 14.7 Å². The molecule has 7 nitrogen and oxygen atoms in total. The van der Waals surface area contributed by atoms with Crippen LogP contribution in [0, 0.1) is 5.41 Å². The second kappa shape index (κ2) is 8.75. The molecule has 1 aromatic heterocycles. The third-order valence-electron chi connectivity index (χ3n) is 6.87. The van der Waals surface area contributed by atoms with Gasteiger partial charge in [0.25, 0.3) is 5.91 Å². The SMILES string of the molecule is O=C(c1ccc(OC(F)(F)F)cc1)N1CCC2(CC1)CCN(c1ccc(-c3cn[nH]c3)cc1)C2=O. The fourth-order valence-corrected chi connectivity index (χ4v) is 4.89. The number of alkyl halides is 3. The molecule has 0 bridgehead atoms. The summed E-state index contributed by atoms with van der Waals surface area (Å²) in [5, 5.41) is 6.74. The van der Waals surface area contributed by atoms with E-state index in [0.717, 1.165) is 35.4 Å². The highest BCUT2D eigenvalue weighted by Gasteiger charge is 2.49. The van der Waals surface area contributed by atoms with Crippen molar-refractivity contribution in [3.05, 3.63) is 66.5 Å². The highest BCUT2D eigenvalue weighted by Crippen LogP contribution is 2.43. The molecule has 2 aromatic carbocycles. The minimum Gasteiger partial charge on any atom is -0.406 e. The van der Waals surface area contributed by atoms with Crippen molar-refractivity contribution in [1.82, 2.24) is 15.1 Å². The molecule has 0 unspecified atom stereocenters. The molecule has 3 aromatic rings. The van der Waals surface area contributed by atoms with E-state index in [9.17, 15) is 22.8 Å². The Morgan fingerprint density at radius 1 is 0.943 bits per heavy atom. The van der Waals surface area contributed by atoms with Crippen LogP contribution in [0.5, 0.6) is 5.75 Å². The number of anilines is 1. The van der Waals surface area contributed by atoms with Crippen LogP contribution in [0.3, 0.4) is 0 Å². The van der Waals surface area contributed by atoms with E-state index in [1.54, 1.807) is 11.1 Å². The van der Waals surface area contributed by atoms with Crippen LogP contribution in [0.2, 0.25) is 0 Å². The second-order valence-electron chi connectivity index (χ2n) is 8.89. The molecule has 2 aliphatic rings. The fraction of sp³-hybridized carbons (Fsp3) is 0.320. The molecule has 2 fully saturated rings. The Labute approximate surface area is 199 Å². The number of aromatic nitrogens is 2. The Hall–Kier alpha value is -3.82. The molecular formula is C25H23F3N4O3. The standard InChI is InChI=1S/C25H23F3N4O3/c26-25(27,28)35-21-7-3-18(4-8-21)22(33)31-12-9-24(10-13-31)11-14-32(23(24)34)20-5-1-17(2-6-20)19-15-29-30-16-19/h1-8,15-16H,9-14H2,(H,29,30). The van der Waals surface area contributed by atoms with Gasteiger partial charge in [-0.15, -0.1) is 13.2 Å². The van der Waals surface area contributed by atoms with Crippen LogP contribution in [0.1, 0.15) is 29.6 Å². The average Bonchev–Trinajstić information content (AvgIpc) is 3.48. The van der Waals surface area contributed by atoms with Crippen molar-refractivity contribution in [3.8, 4) is 16.9 Å². The molecular weight excluding hydrogens is 461 g/mol. The summed E-state index contributed by atoms with van der Waals surface area (Å²) in [6.45, 7) is 1.45. The zero-order valence-electron chi connectivity index (χ0n) is 18.7. The first kappa shape index (κ1) is 22.9. The number of ether oxygens (including phenoxy) is 1. The molecule has 1 N–H and O–H groups in total. The number of likely N-dealkylation sites (tertiary alicyclic amines) is 1. The van der Waals surface area contributed by atoms with Crippen LogP contribution in [0.4, 0.5) is 18.9 Å². The fourth-order valence-electron chi connectivity index (χ4n) is 4.89. The average molecular weight is 484 g/mol. The van der Waals surface area contributed by atoms with E-state index in [2.05, 4.69) is 14.9 Å². The van der Waals surface area contributed by atoms with Crippen molar-refractivity contribution in [2.45, 2.75) is 25.6 Å². The summed E-state index contributed by atoms with van der Waals surface area (Å²) < 4.78 is 40.9. The van der Waals surface area contributed by atoms with Gasteiger partial charge in [-0.2, -0.15) is 5.10 Å². The van der Waals surface area contributed by atoms with Crippen molar-refractivity contribution in [2.24, 2.45) is 5.41 Å². The predicted octanol–water partition coefficient (Wildman–Crippen LogP) is 4.63. The summed E-state index contributed by atoms with van der Waals surface area (Å²) in [5.74, 6) is -0.564. The number of nitrogens with one attached hydrogen (secondary N) is 1. The number of hydrogen-bond acceptors (Lipinski definition) is 4. The molecule has 35 heavy (non-hydrogen) atoms. The number of amides is 2. The Balaban J connectivity index is 1.21. The Bertz CT molecular complexity index is 1200. The quantitative estimate of drug-likeness (QED) is 0.586. The summed E-state index contributed by atoms with van der Waals surface area (Å²) >= 11 is 0. The molecule has 0 saturated carbocycles. The summed E-state index contributed by atoms with van der Waals surface area (Å²) in [5.41, 5.74) is 2.62. The number of rotatable bonds is 4. The number of piperidine rings is 1. The number of carbonyl (C=O) groups is 2. The van der Waals surface area contributed by atoms with Gasteiger partial charge in [-0.05, 0) is 61.2 Å². The maximum atomic E-state index is 13.4. The van der Waals surface area contributed by atoms with E-state index < -0.39 is 11.8 Å². The van der Waals surface area contributed by atoms with E-state index >= 15 is 0 Å². The van der Waals surface area contributed by atoms with Gasteiger partial charge in [0.15, 0.2) is 0 Å². The van der Waals surface area contributed by atoms with Crippen LogP contribution in [-0.2, 0) is 4.79 Å². The number of nitrogens with zero attached hydrogens (tertiary/aromatic N) is 3. The molecule has 0 radical (unpaired) electrons. The third-order valence-corrected chi connectivity index (χ3v) is 6.87. The maximum absolute atomic E-state index is 13.4. The minimum atomic E-state index is -4.78. The molecule has 0 aliphatic carbocycles. The lowest BCUT2D eigenvalue weighted by Crippen LogP contribution is -2.46. The van der Waals surface area contributed by atoms with Crippen LogP contribution in [-0.4, -0.2) is 52.9 Å². The highest BCUT2D eigenvalue weighted by molar-refractivity contribution is 6.00. The largest absolute Gasteiger partial charge is 0.573 e. The summed E-state index contributed by atoms with van der Waals surface area (Å²) in [4.78, 5) is 29.7. The lowest BCUT2D eigenvalue weighted by molar-refractivity contribution is -0.274. The van der Waals surface area contributed by atoms with Crippen molar-refractivity contribution in [2.75, 3.05) is 24.5 Å². The highest BCUT2D eigenvalue weighted by atomic mass is 19.4. The van der Waals surface area contributed by atoms with Crippen molar-refractivity contribution in [1.29, 1.82) is 0 Å². The number of hydrogen-bond donors (Lipinski definition) is 1. The van der Waals surface area contributed by atoms with Crippen LogP contribution in [0.25, 0.3) is 11.1 Å². The lowest BCUT2D eigenvalue weighted by Gasteiger charge is -2.38. The number of benzene rings is 2. The van der Waals surface area contributed by atoms with Crippen LogP contribution < -0.4 is 9.64 Å². The third kappa shape index (κ3) is 4.60. The van der Waals surface area contributed by atoms with Gasteiger partial charge in [0, 0.05) is 42.6 Å². The zero-order chi connectivity index (χ0) is 24.6. The van der Waals surface area contributed by atoms with Crippen molar-refractivity contribution in [3.63, 3.8) is 0 Å². The van der Waals surface area contributed by atoms with Gasteiger partial charge in [-0.1, -0.05) is 12.1 Å². The van der Waals surface area contributed by atoms with Gasteiger partial charge >= 0.3 is 6.36 Å². The van der Waals surface area contributed by atoms with E-state index in [-0.39, 0.29) is 23.1 Å². The second-order valence-corrected chi connectivity index (χ2v) is 8.89. The van der Waals surface area contributed by atoms with Crippen molar-refractivity contribution >= 4 is 17.5 Å². The molecule has 0 atom stereocenters. The molecule has 2 amide bonds. The molecule has 10 heteroatoms. The lowest BCUT2D eigenvalue weighted by atomic mass is 9.77. The van der Waals surface area contributed by atoms with Gasteiger partial charge in [0.2, 0.25) is 5.91 Å². The Morgan fingerprint density at radius 2 is 1.60 bits per heavy atom. The molecule has 1 spiro atoms. The topological polar surface area (TPSA) is 78.5 Å². The summed E-state index contributed by atoms with van der Waals surface area (Å²) in [7, 11) is 0. The van der Waals surface area contributed by atoms with Crippen molar-refractivity contribution < 1.29 is 27.5 Å². The number of aromatic amines is 1. The Morgan fingerprint density at radius 3 is 2.20 bits per heavy atom. The van der Waals surface area contributed by atoms with Gasteiger partial charge in [0.1, 0.15) is 5.75 Å². The minimum absolute atomic E-state index is 0.0781. The smallest absolute Gasteiger partial charge is 0.406 e. The zero-order valence-corrected chi connectivity index (χ0v) is 18.7. The first-order valence-electron chi connectivity index (χ1n) is 11.3. The van der Waals surface area contributed by atoms with Gasteiger partial charge in [0.05, 0.1) is 11.6 Å². The monoisotopic (exact) mass is 484 g/mol. The van der Waals surface area contributed by atoms with E-state index in [4.69, 9.17) is 0 Å². The Kier molecular flexibility index (Phi) is 5.74. The maximum Gasteiger partial charge on any atom is 0.573 e. The first-order chi connectivity index (χ1) is 16.7. The van der Waals surface area contributed by atoms with Gasteiger partial charge < -0.3 is 14.5 Å².